The van der Waals surface area contributed by atoms with E-state index in [-0.39, 0.29) is 0 Å². The van der Waals surface area contributed by atoms with Crippen molar-refractivity contribution in [2.24, 2.45) is 0 Å². The molecule has 0 saturated carbocycles. The number of hydrogen-bond donors (Lipinski definition) is 0. The highest BCUT2D eigenvalue weighted by Gasteiger charge is 2.04. The number of nitrogens with zero attached hydrogens (tertiary/aromatic N) is 3. The van der Waals surface area contributed by atoms with E-state index < -0.39 is 0 Å². The maximum absolute atomic E-state index is 7.32. The Labute approximate surface area is 75.0 Å². The second kappa shape index (κ2) is 6.35. The van der Waals surface area contributed by atoms with Crippen LogP contribution in [0.5, 0.6) is 0 Å². The molecule has 64 valence electrons. The summed E-state index contributed by atoms with van der Waals surface area (Å²) in [6.07, 6.45) is 6.04. The van der Waals surface area contributed by atoms with Crippen LogP contribution in [0.25, 0.3) is 0 Å². The summed E-state index contributed by atoms with van der Waals surface area (Å²) >= 11 is 0. The highest BCUT2D eigenvalue weighted by atomic mass is 15.3. The average molecular weight is 163 g/mol. The third-order valence-corrected chi connectivity index (χ3v) is 1.30. The largest absolute Gasteiger partial charge is 0.362 e. The Kier molecular flexibility index (Phi) is 5.63. The highest BCUT2D eigenvalue weighted by Crippen LogP contribution is 2.01. The van der Waals surface area contributed by atoms with Crippen LogP contribution in [-0.2, 0) is 0 Å². The van der Waals surface area contributed by atoms with Crippen molar-refractivity contribution in [3.05, 3.63) is 25.1 Å². The van der Waals surface area contributed by atoms with Crippen LogP contribution in [0.15, 0.2) is 25.1 Å². The normalized spacial score (nSPS) is 13.3. The number of hydrogen-bond acceptors (Lipinski definition) is 3. The summed E-state index contributed by atoms with van der Waals surface area (Å²) in [5, 5.41) is 7.32. The summed E-state index contributed by atoms with van der Waals surface area (Å²) in [6.45, 7) is 5.59. The predicted molar refractivity (Wildman–Crippen MR) is 52.8 cm³/mol. The van der Waals surface area contributed by atoms with Gasteiger partial charge >= 0.3 is 0 Å². The van der Waals surface area contributed by atoms with E-state index in [1.54, 1.807) is 5.97 Å². The first kappa shape index (κ1) is 10.6. The molecular weight excluding hydrogens is 149 g/mol. The zero-order chi connectivity index (χ0) is 9.40. The molecular formula is C8H14BN3. The van der Waals surface area contributed by atoms with Crippen LogP contribution in [0.4, 0.5) is 0 Å². The van der Waals surface area contributed by atoms with Gasteiger partial charge in [-0.25, -0.2) is 5.26 Å². The van der Waals surface area contributed by atoms with Gasteiger partial charge in [-0.1, -0.05) is 6.08 Å². The predicted octanol–water partition coefficient (Wildman–Crippen LogP) is -0.0509. The van der Waals surface area contributed by atoms with Gasteiger partial charge in [-0.3, -0.25) is 0 Å². The lowest BCUT2D eigenvalue weighted by molar-refractivity contribution is 0.318. The molecule has 12 heavy (non-hydrogen) atoms. The lowest BCUT2D eigenvalue weighted by Crippen LogP contribution is -2.21. The molecule has 0 bridgehead atoms. The van der Waals surface area contributed by atoms with E-state index in [0.717, 1.165) is 13.2 Å². The van der Waals surface area contributed by atoms with Crippen molar-refractivity contribution in [1.29, 1.82) is 5.26 Å². The lowest BCUT2D eigenvalue weighted by Gasteiger charge is -2.15. The molecule has 0 aromatic rings. The zero-order valence-electron chi connectivity index (χ0n) is 7.70. The Bertz CT molecular complexity index is 195. The molecule has 0 aromatic heterocycles. The minimum absolute atomic E-state index is 0.945. The monoisotopic (exact) mass is 163 g/mol. The Morgan fingerprint density at radius 1 is 1.75 bits per heavy atom. The van der Waals surface area contributed by atoms with Gasteiger partial charge in [0.25, 0.3) is 0 Å². The molecule has 3 nitrogen and oxygen atoms in total. The van der Waals surface area contributed by atoms with Gasteiger partial charge < -0.3 is 9.80 Å². The molecule has 1 heterocycles. The number of rotatable bonds is 2. The fraction of sp³-hybridized carbons (Fsp3) is 0.375. The molecule has 0 radical (unpaired) electrons. The van der Waals surface area contributed by atoms with E-state index in [1.165, 1.54) is 7.85 Å². The molecule has 0 fully saturated rings. The van der Waals surface area contributed by atoms with Gasteiger partial charge in [-0.2, -0.15) is 0 Å². The molecule has 4 heteroatoms. The van der Waals surface area contributed by atoms with Crippen LogP contribution in [0, 0.1) is 11.2 Å². The molecule has 0 N–H and O–H groups in total. The van der Waals surface area contributed by atoms with Crippen molar-refractivity contribution in [2.75, 3.05) is 20.3 Å². The highest BCUT2D eigenvalue weighted by molar-refractivity contribution is 6.20. The number of nitriles is 1. The van der Waals surface area contributed by atoms with E-state index in [4.69, 9.17) is 5.26 Å². The van der Waals surface area contributed by atoms with Gasteiger partial charge in [0.1, 0.15) is 0 Å². The molecule has 0 saturated heterocycles. The SMILES string of the molecule is BC#N.C=CCN1C=CN(C)C1. The molecule has 1 aliphatic rings. The van der Waals surface area contributed by atoms with Crippen LogP contribution in [-0.4, -0.2) is 37.9 Å². The molecule has 0 amide bonds. The van der Waals surface area contributed by atoms with Gasteiger partial charge in [0.15, 0.2) is 0 Å². The van der Waals surface area contributed by atoms with E-state index in [1.807, 2.05) is 6.08 Å². The summed E-state index contributed by atoms with van der Waals surface area (Å²) < 4.78 is 0. The van der Waals surface area contributed by atoms with Gasteiger partial charge in [-0.05, 0) is 5.97 Å². The molecule has 1 aliphatic heterocycles. The van der Waals surface area contributed by atoms with Gasteiger partial charge in [-0.15, -0.1) is 6.58 Å². The van der Waals surface area contributed by atoms with E-state index >= 15 is 0 Å². The minimum Gasteiger partial charge on any atom is -0.362 e. The summed E-state index contributed by atoms with van der Waals surface area (Å²) in [4.78, 5) is 4.32. The van der Waals surface area contributed by atoms with Crippen LogP contribution >= 0.6 is 0 Å². The van der Waals surface area contributed by atoms with Gasteiger partial charge in [0.05, 0.1) is 6.67 Å². The quantitative estimate of drug-likeness (QED) is 0.422. The molecule has 1 rings (SSSR count). The summed E-state index contributed by atoms with van der Waals surface area (Å²) in [7, 11) is 3.49. The van der Waals surface area contributed by atoms with Crippen molar-refractivity contribution in [2.45, 2.75) is 0 Å². The van der Waals surface area contributed by atoms with Crippen molar-refractivity contribution in [3.63, 3.8) is 0 Å². The standard InChI is InChI=1S/C7H12N2.CH2BN/c1-3-4-9-6-5-8(2)7-9;2-1-3/h3,5-6H,1,4,7H2,2H3;2H2. The maximum Gasteiger partial charge on any atom is 0.232 e. The van der Waals surface area contributed by atoms with Crippen LogP contribution in [0.3, 0.4) is 0 Å². The Morgan fingerprint density at radius 3 is 2.67 bits per heavy atom. The second-order valence-electron chi connectivity index (χ2n) is 2.48. The van der Waals surface area contributed by atoms with Crippen LogP contribution in [0.2, 0.25) is 0 Å². The van der Waals surface area contributed by atoms with Crippen molar-refractivity contribution < 1.29 is 0 Å². The third kappa shape index (κ3) is 4.45. The minimum atomic E-state index is 0.945. The Balaban J connectivity index is 0.000000354. The summed E-state index contributed by atoms with van der Waals surface area (Å²) in [5.74, 6) is 1.75. The van der Waals surface area contributed by atoms with Gasteiger partial charge in [0, 0.05) is 26.0 Å². The first-order chi connectivity index (χ1) is 5.74. The first-order valence-electron chi connectivity index (χ1n) is 3.79. The lowest BCUT2D eigenvalue weighted by atomic mass is 10.2. The Hall–Kier alpha value is -1.37. The van der Waals surface area contributed by atoms with Crippen molar-refractivity contribution in [1.82, 2.24) is 9.80 Å². The fourth-order valence-corrected chi connectivity index (χ4v) is 0.873. The molecule has 0 atom stereocenters. The van der Waals surface area contributed by atoms with Crippen molar-refractivity contribution >= 4 is 7.85 Å². The maximum atomic E-state index is 7.32. The second-order valence-corrected chi connectivity index (χ2v) is 2.48. The average Bonchev–Trinajstić information content (AvgIpc) is 2.38. The smallest absolute Gasteiger partial charge is 0.232 e. The summed E-state index contributed by atoms with van der Waals surface area (Å²) in [6, 6.07) is 0. The molecule has 0 aliphatic carbocycles. The van der Waals surface area contributed by atoms with Crippen molar-refractivity contribution in [3.8, 4) is 5.97 Å². The van der Waals surface area contributed by atoms with E-state index in [9.17, 15) is 0 Å². The van der Waals surface area contributed by atoms with Gasteiger partial charge in [0.2, 0.25) is 7.85 Å². The first-order valence-corrected chi connectivity index (χ1v) is 3.79. The van der Waals surface area contributed by atoms with Crippen LogP contribution in [0.1, 0.15) is 0 Å². The summed E-state index contributed by atoms with van der Waals surface area (Å²) in [5.41, 5.74) is 0. The van der Waals surface area contributed by atoms with Crippen LogP contribution < -0.4 is 0 Å². The zero-order valence-corrected chi connectivity index (χ0v) is 7.70. The van der Waals surface area contributed by atoms with E-state index in [2.05, 4.69) is 35.8 Å². The molecule has 0 unspecified atom stereocenters. The fourth-order valence-electron chi connectivity index (χ4n) is 0.873. The Morgan fingerprint density at radius 2 is 2.33 bits per heavy atom. The van der Waals surface area contributed by atoms with E-state index in [0.29, 0.717) is 0 Å². The molecule has 0 aromatic carbocycles. The molecule has 0 spiro atoms. The topological polar surface area (TPSA) is 30.3 Å². The third-order valence-electron chi connectivity index (χ3n) is 1.30.